The van der Waals surface area contributed by atoms with E-state index < -0.39 is 12.1 Å². The molecule has 58 valence electrons. The number of hydrogen-bond acceptors (Lipinski definition) is 1. The molecule has 0 aliphatic rings. The molecule has 0 aromatic heterocycles. The highest BCUT2D eigenvalue weighted by atomic mass is 19.4. The largest absolute Gasteiger partial charge is 0.473 e. The molecule has 0 radical (unpaired) electrons. The first-order chi connectivity index (χ1) is 4.48. The third-order valence-electron chi connectivity index (χ3n) is 0.634. The average Bonchev–Trinajstić information content (AvgIpc) is 1.80. The molecule has 0 fully saturated rings. The van der Waals surface area contributed by atoms with Crippen LogP contribution in [0.25, 0.3) is 0 Å². The minimum Gasteiger partial charge on any atom is -0.262 e. The Morgan fingerprint density at radius 3 is 2.40 bits per heavy atom. The lowest BCUT2D eigenvalue weighted by molar-refractivity contribution is -0.169. The molecule has 1 amide bonds. The van der Waals surface area contributed by atoms with Gasteiger partial charge >= 0.3 is 12.1 Å². The summed E-state index contributed by atoms with van der Waals surface area (Å²) in [5, 5.41) is 0. The molecule has 0 rings (SSSR count). The summed E-state index contributed by atoms with van der Waals surface area (Å²) in [5.41, 5.74) is 0. The Hall–Kier alpha value is -0.870. The predicted molar refractivity (Wildman–Crippen MR) is 29.8 cm³/mol. The van der Waals surface area contributed by atoms with Crippen molar-refractivity contribution in [2.75, 3.05) is 0 Å². The lowest BCUT2D eigenvalue weighted by atomic mass is 10.5. The van der Waals surface area contributed by atoms with Crippen LogP contribution in [-0.2, 0) is 4.79 Å². The number of carbonyl (C=O) groups excluding carboxylic acids is 1. The van der Waals surface area contributed by atoms with Crippen LogP contribution in [0.15, 0.2) is 4.99 Å². The van der Waals surface area contributed by atoms with Gasteiger partial charge in [0.1, 0.15) is 0 Å². The molecule has 0 saturated heterocycles. The summed E-state index contributed by atoms with van der Waals surface area (Å²) in [7, 11) is 0. The summed E-state index contributed by atoms with van der Waals surface area (Å²) in [6.45, 7) is 1.59. The van der Waals surface area contributed by atoms with Crippen molar-refractivity contribution in [2.24, 2.45) is 4.99 Å². The minimum atomic E-state index is -4.83. The molecule has 0 aromatic carbocycles. The molecule has 0 atom stereocenters. The van der Waals surface area contributed by atoms with Crippen LogP contribution in [0.5, 0.6) is 0 Å². The molecule has 2 nitrogen and oxygen atoms in total. The van der Waals surface area contributed by atoms with Crippen LogP contribution in [0, 0.1) is 0 Å². The quantitative estimate of drug-likeness (QED) is 0.525. The highest BCUT2D eigenvalue weighted by molar-refractivity contribution is 5.88. The fourth-order valence-corrected chi connectivity index (χ4v) is 0.247. The van der Waals surface area contributed by atoms with Crippen LogP contribution in [0.2, 0.25) is 0 Å². The number of amides is 1. The molecule has 0 bridgehead atoms. The second kappa shape index (κ2) is 3.34. The van der Waals surface area contributed by atoms with Gasteiger partial charge in [-0.05, 0) is 6.42 Å². The topological polar surface area (TPSA) is 29.4 Å². The van der Waals surface area contributed by atoms with E-state index in [1.54, 1.807) is 6.92 Å². The van der Waals surface area contributed by atoms with Gasteiger partial charge in [-0.3, -0.25) is 4.79 Å². The van der Waals surface area contributed by atoms with Crippen molar-refractivity contribution in [3.8, 4) is 0 Å². The molecule has 0 aliphatic heterocycles. The van der Waals surface area contributed by atoms with Crippen LogP contribution >= 0.6 is 0 Å². The maximum Gasteiger partial charge on any atom is 0.473 e. The predicted octanol–water partition coefficient (Wildman–Crippen LogP) is 1.56. The van der Waals surface area contributed by atoms with Crippen molar-refractivity contribution in [3.63, 3.8) is 0 Å². The van der Waals surface area contributed by atoms with Crippen LogP contribution in [0.3, 0.4) is 0 Å². The van der Waals surface area contributed by atoms with E-state index in [2.05, 4.69) is 4.99 Å². The van der Waals surface area contributed by atoms with E-state index in [1.165, 1.54) is 0 Å². The molecule has 0 spiro atoms. The summed E-state index contributed by atoms with van der Waals surface area (Å²) >= 11 is 0. The standard InChI is InChI=1S/C5H6F3NO/c1-2-3-9-4(10)5(6,7)8/h3H,2H2,1H3. The number of alkyl halides is 3. The fraction of sp³-hybridized carbons (Fsp3) is 0.600. The number of nitrogens with zero attached hydrogens (tertiary/aromatic N) is 1. The first-order valence-electron chi connectivity index (χ1n) is 2.62. The van der Waals surface area contributed by atoms with Gasteiger partial charge in [-0.2, -0.15) is 13.2 Å². The molecule has 0 N–H and O–H groups in total. The van der Waals surface area contributed by atoms with Crippen LogP contribution < -0.4 is 0 Å². The van der Waals surface area contributed by atoms with E-state index in [4.69, 9.17) is 0 Å². The number of carbonyl (C=O) groups is 1. The summed E-state index contributed by atoms with van der Waals surface area (Å²) in [6.07, 6.45) is -3.58. The van der Waals surface area contributed by atoms with E-state index in [-0.39, 0.29) is 0 Å². The van der Waals surface area contributed by atoms with Crippen molar-refractivity contribution in [2.45, 2.75) is 19.5 Å². The molecule has 0 aromatic rings. The van der Waals surface area contributed by atoms with Gasteiger partial charge in [0, 0.05) is 6.21 Å². The van der Waals surface area contributed by atoms with E-state index >= 15 is 0 Å². The third-order valence-corrected chi connectivity index (χ3v) is 0.634. The molecular weight excluding hydrogens is 147 g/mol. The Kier molecular flexibility index (Phi) is 3.05. The molecule has 5 heteroatoms. The van der Waals surface area contributed by atoms with Gasteiger partial charge in [-0.25, -0.2) is 4.99 Å². The zero-order valence-electron chi connectivity index (χ0n) is 5.27. The summed E-state index contributed by atoms with van der Waals surface area (Å²) in [6, 6.07) is 0. The smallest absolute Gasteiger partial charge is 0.262 e. The lowest BCUT2D eigenvalue weighted by Crippen LogP contribution is -2.20. The van der Waals surface area contributed by atoms with Gasteiger partial charge < -0.3 is 0 Å². The summed E-state index contributed by atoms with van der Waals surface area (Å²) in [5.74, 6) is -2.05. The first-order valence-corrected chi connectivity index (χ1v) is 2.62. The molecule has 0 heterocycles. The lowest BCUT2D eigenvalue weighted by Gasteiger charge is -1.97. The van der Waals surface area contributed by atoms with Crippen LogP contribution in [0.1, 0.15) is 13.3 Å². The molecule has 0 aliphatic carbocycles. The minimum absolute atomic E-state index is 0.321. The number of rotatable bonds is 1. The number of hydrogen-bond donors (Lipinski definition) is 0. The monoisotopic (exact) mass is 153 g/mol. The Labute approximate surface area is 55.8 Å². The first kappa shape index (κ1) is 9.13. The van der Waals surface area contributed by atoms with Gasteiger partial charge in [-0.1, -0.05) is 6.92 Å². The van der Waals surface area contributed by atoms with Gasteiger partial charge in [0.25, 0.3) is 0 Å². The Morgan fingerprint density at radius 2 is 2.10 bits per heavy atom. The van der Waals surface area contributed by atoms with Crippen molar-refractivity contribution in [1.82, 2.24) is 0 Å². The summed E-state index contributed by atoms with van der Waals surface area (Å²) in [4.78, 5) is 12.5. The van der Waals surface area contributed by atoms with Crippen molar-refractivity contribution in [3.05, 3.63) is 0 Å². The maximum absolute atomic E-state index is 11.3. The highest BCUT2D eigenvalue weighted by Gasteiger charge is 2.37. The maximum atomic E-state index is 11.3. The molecular formula is C5H6F3NO. The van der Waals surface area contributed by atoms with Gasteiger partial charge in [0.15, 0.2) is 0 Å². The summed E-state index contributed by atoms with van der Waals surface area (Å²) < 4.78 is 33.9. The SMILES string of the molecule is CCC=NC(=O)C(F)(F)F. The highest BCUT2D eigenvalue weighted by Crippen LogP contribution is 2.15. The Balaban J connectivity index is 3.98. The number of halogens is 3. The zero-order valence-corrected chi connectivity index (χ0v) is 5.27. The van der Waals surface area contributed by atoms with Crippen LogP contribution in [-0.4, -0.2) is 18.3 Å². The number of aliphatic imine (C=N–C) groups is 1. The molecule has 0 saturated carbocycles. The average molecular weight is 153 g/mol. The van der Waals surface area contributed by atoms with E-state index in [9.17, 15) is 18.0 Å². The second-order valence-corrected chi connectivity index (χ2v) is 1.52. The second-order valence-electron chi connectivity index (χ2n) is 1.52. The fourth-order valence-electron chi connectivity index (χ4n) is 0.247. The Bertz CT molecular complexity index is 149. The molecule has 0 unspecified atom stereocenters. The van der Waals surface area contributed by atoms with Gasteiger partial charge in [-0.15, -0.1) is 0 Å². The van der Waals surface area contributed by atoms with Gasteiger partial charge in [0.05, 0.1) is 0 Å². The van der Waals surface area contributed by atoms with Crippen molar-refractivity contribution >= 4 is 12.1 Å². The zero-order chi connectivity index (χ0) is 8.20. The van der Waals surface area contributed by atoms with E-state index in [1.807, 2.05) is 0 Å². The van der Waals surface area contributed by atoms with Gasteiger partial charge in [0.2, 0.25) is 0 Å². The third kappa shape index (κ3) is 3.21. The molecule has 10 heavy (non-hydrogen) atoms. The van der Waals surface area contributed by atoms with Crippen molar-refractivity contribution < 1.29 is 18.0 Å². The van der Waals surface area contributed by atoms with E-state index in [0.717, 1.165) is 6.21 Å². The van der Waals surface area contributed by atoms with E-state index in [0.29, 0.717) is 6.42 Å². The van der Waals surface area contributed by atoms with Crippen molar-refractivity contribution in [1.29, 1.82) is 0 Å². The normalized spacial score (nSPS) is 12.4. The van der Waals surface area contributed by atoms with Crippen LogP contribution in [0.4, 0.5) is 13.2 Å². The Morgan fingerprint density at radius 1 is 1.60 bits per heavy atom.